The number of nitrogens with two attached hydrogens (primary N) is 1. The van der Waals surface area contributed by atoms with E-state index in [0.29, 0.717) is 12.2 Å². The lowest BCUT2D eigenvalue weighted by molar-refractivity contribution is -0.119. The number of nitrogens with zero attached hydrogens (tertiary/aromatic N) is 2. The number of aromatic nitrogens is 2. The highest BCUT2D eigenvalue weighted by Gasteiger charge is 2.14. The van der Waals surface area contributed by atoms with Gasteiger partial charge >= 0.3 is 0 Å². The number of amides is 2. The highest BCUT2D eigenvalue weighted by atomic mass is 19.1. The van der Waals surface area contributed by atoms with Gasteiger partial charge in [0.2, 0.25) is 11.9 Å². The summed E-state index contributed by atoms with van der Waals surface area (Å²) in [4.78, 5) is 31.7. The summed E-state index contributed by atoms with van der Waals surface area (Å²) in [5.74, 6) is -1.41. The Labute approximate surface area is 177 Å². The third-order valence-electron chi connectivity index (χ3n) is 4.13. The number of anilines is 4. The number of primary amides is 1. The van der Waals surface area contributed by atoms with Crippen LogP contribution in [0.2, 0.25) is 0 Å². The number of ether oxygens (including phenoxy) is 1. The summed E-state index contributed by atoms with van der Waals surface area (Å²) in [5, 5.41) is 8.38. The van der Waals surface area contributed by atoms with Crippen molar-refractivity contribution in [2.75, 3.05) is 29.7 Å². The maximum absolute atomic E-state index is 14.3. The van der Waals surface area contributed by atoms with Crippen LogP contribution in [0, 0.1) is 5.82 Å². The van der Waals surface area contributed by atoms with Crippen LogP contribution in [0.25, 0.3) is 0 Å². The van der Waals surface area contributed by atoms with E-state index in [1.807, 2.05) is 30.3 Å². The Morgan fingerprint density at radius 1 is 1.16 bits per heavy atom. The van der Waals surface area contributed by atoms with Crippen LogP contribution in [0.4, 0.5) is 27.5 Å². The quantitative estimate of drug-likeness (QED) is 0.415. The SMILES string of the molecule is COCC(=O)Nc1ccc(F)c(Nc2ncc(C(N)=O)c(NCc3ccccc3)n2)c1. The minimum atomic E-state index is -0.698. The van der Waals surface area contributed by atoms with Crippen LogP contribution in [0.3, 0.4) is 0 Å². The molecule has 5 N–H and O–H groups in total. The lowest BCUT2D eigenvalue weighted by Crippen LogP contribution is -2.17. The molecular weight excluding hydrogens is 403 g/mol. The van der Waals surface area contributed by atoms with Crippen molar-refractivity contribution in [3.05, 3.63) is 71.7 Å². The van der Waals surface area contributed by atoms with Crippen LogP contribution >= 0.6 is 0 Å². The molecule has 1 aromatic heterocycles. The van der Waals surface area contributed by atoms with Gasteiger partial charge in [0.25, 0.3) is 5.91 Å². The standard InChI is InChI=1S/C21H21FN6O3/c1-31-12-18(29)26-14-7-8-16(22)17(9-14)27-21-25-11-15(19(23)30)20(28-21)24-10-13-5-3-2-4-6-13/h2-9,11H,10,12H2,1H3,(H2,23,30)(H,26,29)(H2,24,25,27,28). The molecule has 1 heterocycles. The van der Waals surface area contributed by atoms with E-state index in [9.17, 15) is 14.0 Å². The van der Waals surface area contributed by atoms with Crippen LogP contribution in [0.5, 0.6) is 0 Å². The minimum Gasteiger partial charge on any atom is -0.375 e. The molecule has 0 bridgehead atoms. The van der Waals surface area contributed by atoms with Gasteiger partial charge in [0, 0.05) is 25.5 Å². The van der Waals surface area contributed by atoms with Crippen LogP contribution < -0.4 is 21.7 Å². The topological polar surface area (TPSA) is 131 Å². The number of benzene rings is 2. The Morgan fingerprint density at radius 3 is 2.65 bits per heavy atom. The molecule has 0 saturated heterocycles. The maximum Gasteiger partial charge on any atom is 0.254 e. The summed E-state index contributed by atoms with van der Waals surface area (Å²) in [5.41, 5.74) is 6.88. The summed E-state index contributed by atoms with van der Waals surface area (Å²) in [6.07, 6.45) is 1.26. The zero-order valence-electron chi connectivity index (χ0n) is 16.7. The van der Waals surface area contributed by atoms with E-state index in [2.05, 4.69) is 25.9 Å². The lowest BCUT2D eigenvalue weighted by Gasteiger charge is -2.13. The van der Waals surface area contributed by atoms with Crippen molar-refractivity contribution in [3.8, 4) is 0 Å². The first-order chi connectivity index (χ1) is 15.0. The average Bonchev–Trinajstić information content (AvgIpc) is 2.75. The predicted molar refractivity (Wildman–Crippen MR) is 115 cm³/mol. The zero-order chi connectivity index (χ0) is 22.2. The number of nitrogens with one attached hydrogen (secondary N) is 3. The fourth-order valence-electron chi connectivity index (χ4n) is 2.69. The molecule has 2 aromatic carbocycles. The largest absolute Gasteiger partial charge is 0.375 e. The first kappa shape index (κ1) is 21.7. The van der Waals surface area contributed by atoms with Crippen LogP contribution in [-0.2, 0) is 16.1 Å². The maximum atomic E-state index is 14.3. The second kappa shape index (κ2) is 10.1. The van der Waals surface area contributed by atoms with Gasteiger partial charge < -0.3 is 26.4 Å². The van der Waals surface area contributed by atoms with E-state index in [1.54, 1.807) is 0 Å². The average molecular weight is 424 g/mol. The molecule has 0 saturated carbocycles. The number of methoxy groups -OCH3 is 1. The van der Waals surface area contributed by atoms with E-state index >= 15 is 0 Å². The third kappa shape index (κ3) is 5.97. The number of rotatable bonds is 9. The number of halogens is 1. The summed E-state index contributed by atoms with van der Waals surface area (Å²) in [6, 6.07) is 13.5. The fourth-order valence-corrected chi connectivity index (χ4v) is 2.69. The Morgan fingerprint density at radius 2 is 1.94 bits per heavy atom. The molecule has 0 aliphatic rings. The van der Waals surface area contributed by atoms with Crippen LogP contribution in [-0.4, -0.2) is 35.5 Å². The monoisotopic (exact) mass is 424 g/mol. The van der Waals surface area contributed by atoms with Gasteiger partial charge in [-0.25, -0.2) is 9.37 Å². The van der Waals surface area contributed by atoms with Crippen molar-refractivity contribution in [1.82, 2.24) is 9.97 Å². The first-order valence-electron chi connectivity index (χ1n) is 9.26. The highest BCUT2D eigenvalue weighted by molar-refractivity contribution is 5.97. The summed E-state index contributed by atoms with van der Waals surface area (Å²) < 4.78 is 19.0. The molecule has 31 heavy (non-hydrogen) atoms. The van der Waals surface area contributed by atoms with Crippen molar-refractivity contribution in [1.29, 1.82) is 0 Å². The molecule has 0 fully saturated rings. The molecule has 0 unspecified atom stereocenters. The molecule has 0 radical (unpaired) electrons. The molecule has 0 aliphatic carbocycles. The normalized spacial score (nSPS) is 10.4. The Bertz CT molecular complexity index is 1080. The van der Waals surface area contributed by atoms with Crippen molar-refractivity contribution in [3.63, 3.8) is 0 Å². The number of hydrogen-bond donors (Lipinski definition) is 4. The van der Waals surface area contributed by atoms with Crippen molar-refractivity contribution < 1.29 is 18.7 Å². The Hall–Kier alpha value is -4.05. The Balaban J connectivity index is 1.81. The number of carbonyl (C=O) groups excluding carboxylic acids is 2. The molecule has 10 heteroatoms. The van der Waals surface area contributed by atoms with Crippen LogP contribution in [0.1, 0.15) is 15.9 Å². The Kier molecular flexibility index (Phi) is 7.07. The molecule has 160 valence electrons. The van der Waals surface area contributed by atoms with Crippen LogP contribution in [0.15, 0.2) is 54.7 Å². The second-order valence-electron chi connectivity index (χ2n) is 6.46. The second-order valence-corrected chi connectivity index (χ2v) is 6.46. The van der Waals surface area contributed by atoms with E-state index in [4.69, 9.17) is 10.5 Å². The van der Waals surface area contributed by atoms with Crippen molar-refractivity contribution in [2.45, 2.75) is 6.54 Å². The van der Waals surface area contributed by atoms with Gasteiger partial charge in [-0.3, -0.25) is 9.59 Å². The molecular formula is C21H21FN6O3. The smallest absolute Gasteiger partial charge is 0.254 e. The van der Waals surface area contributed by atoms with Crippen molar-refractivity contribution in [2.24, 2.45) is 5.73 Å². The molecule has 3 aromatic rings. The van der Waals surface area contributed by atoms with Gasteiger partial charge in [-0.05, 0) is 23.8 Å². The first-order valence-corrected chi connectivity index (χ1v) is 9.26. The molecule has 3 rings (SSSR count). The minimum absolute atomic E-state index is 0.0380. The number of hydrogen-bond acceptors (Lipinski definition) is 7. The summed E-state index contributed by atoms with van der Waals surface area (Å²) >= 11 is 0. The molecule has 2 amide bonds. The molecule has 0 aliphatic heterocycles. The third-order valence-corrected chi connectivity index (χ3v) is 4.13. The van der Waals surface area contributed by atoms with Gasteiger partial charge in [0.15, 0.2) is 0 Å². The fraction of sp³-hybridized carbons (Fsp3) is 0.143. The molecule has 0 atom stereocenters. The van der Waals surface area contributed by atoms with E-state index in [-0.39, 0.29) is 35.5 Å². The van der Waals surface area contributed by atoms with Gasteiger partial charge in [0.1, 0.15) is 18.2 Å². The predicted octanol–water partition coefficient (Wildman–Crippen LogP) is 2.66. The van der Waals surface area contributed by atoms with Gasteiger partial charge in [-0.1, -0.05) is 30.3 Å². The molecule has 0 spiro atoms. The van der Waals surface area contributed by atoms with Gasteiger partial charge in [-0.2, -0.15) is 4.98 Å². The van der Waals surface area contributed by atoms with E-state index < -0.39 is 11.7 Å². The summed E-state index contributed by atoms with van der Waals surface area (Å²) in [6.45, 7) is 0.265. The number of carbonyl (C=O) groups is 2. The van der Waals surface area contributed by atoms with E-state index in [1.165, 1.54) is 31.5 Å². The highest BCUT2D eigenvalue weighted by Crippen LogP contribution is 2.23. The molecule has 9 nitrogen and oxygen atoms in total. The van der Waals surface area contributed by atoms with Gasteiger partial charge in [-0.15, -0.1) is 0 Å². The zero-order valence-corrected chi connectivity index (χ0v) is 16.7. The van der Waals surface area contributed by atoms with Gasteiger partial charge in [0.05, 0.1) is 11.3 Å². The van der Waals surface area contributed by atoms with E-state index in [0.717, 1.165) is 5.56 Å². The lowest BCUT2D eigenvalue weighted by atomic mass is 10.2. The van der Waals surface area contributed by atoms with Crippen molar-refractivity contribution >= 4 is 35.0 Å². The summed E-state index contributed by atoms with van der Waals surface area (Å²) in [7, 11) is 1.40.